The minimum Gasteiger partial charge on any atom is -0.352 e. The highest BCUT2D eigenvalue weighted by Gasteiger charge is 2.37. The van der Waals surface area contributed by atoms with Gasteiger partial charge in [-0.3, -0.25) is 9.69 Å². The van der Waals surface area contributed by atoms with E-state index in [4.69, 9.17) is 0 Å². The van der Waals surface area contributed by atoms with Crippen LogP contribution >= 0.6 is 0 Å². The SMILES string of the molecule is O=C(NC1CCN2CCCCC12)C1CCNCC1. The van der Waals surface area contributed by atoms with E-state index in [9.17, 15) is 4.79 Å². The molecular formula is C14H25N3O. The first-order valence-electron chi connectivity index (χ1n) is 7.60. The Morgan fingerprint density at radius 1 is 1.06 bits per heavy atom. The Hall–Kier alpha value is -0.610. The third-order valence-electron chi connectivity index (χ3n) is 4.89. The summed E-state index contributed by atoms with van der Waals surface area (Å²) in [7, 11) is 0. The van der Waals surface area contributed by atoms with E-state index in [1.165, 1.54) is 32.4 Å². The molecule has 0 aromatic rings. The van der Waals surface area contributed by atoms with E-state index in [0.717, 1.165) is 32.4 Å². The van der Waals surface area contributed by atoms with Gasteiger partial charge in [-0.05, 0) is 51.7 Å². The van der Waals surface area contributed by atoms with Crippen LogP contribution in [0.1, 0.15) is 38.5 Å². The number of fused-ring (bicyclic) bond motifs is 1. The van der Waals surface area contributed by atoms with Crippen LogP contribution in [0.15, 0.2) is 0 Å². The Bertz CT molecular complexity index is 301. The molecule has 3 aliphatic rings. The van der Waals surface area contributed by atoms with Crippen molar-refractivity contribution in [3.05, 3.63) is 0 Å². The Morgan fingerprint density at radius 2 is 1.89 bits per heavy atom. The van der Waals surface area contributed by atoms with Gasteiger partial charge < -0.3 is 10.6 Å². The van der Waals surface area contributed by atoms with Gasteiger partial charge in [0.2, 0.25) is 5.91 Å². The zero-order chi connectivity index (χ0) is 12.4. The van der Waals surface area contributed by atoms with E-state index in [1.807, 2.05) is 0 Å². The Balaban J connectivity index is 1.54. The van der Waals surface area contributed by atoms with Gasteiger partial charge in [-0.25, -0.2) is 0 Å². The van der Waals surface area contributed by atoms with E-state index >= 15 is 0 Å². The molecule has 3 heterocycles. The van der Waals surface area contributed by atoms with Crippen molar-refractivity contribution in [2.45, 2.75) is 50.6 Å². The Kier molecular flexibility index (Phi) is 3.85. The molecule has 0 aromatic heterocycles. The van der Waals surface area contributed by atoms with Crippen LogP contribution in [0.5, 0.6) is 0 Å². The van der Waals surface area contributed by atoms with Crippen LogP contribution in [-0.2, 0) is 4.79 Å². The molecule has 0 saturated carbocycles. The fraction of sp³-hybridized carbons (Fsp3) is 0.929. The van der Waals surface area contributed by atoms with Gasteiger partial charge in [0.05, 0.1) is 0 Å². The third kappa shape index (κ3) is 2.54. The summed E-state index contributed by atoms with van der Waals surface area (Å²) in [6.07, 6.45) is 7.12. The molecule has 3 aliphatic heterocycles. The first-order chi connectivity index (χ1) is 8.84. The van der Waals surface area contributed by atoms with Gasteiger partial charge in [0.1, 0.15) is 0 Å². The molecule has 0 radical (unpaired) electrons. The zero-order valence-electron chi connectivity index (χ0n) is 11.2. The summed E-state index contributed by atoms with van der Waals surface area (Å²) in [5.41, 5.74) is 0. The summed E-state index contributed by atoms with van der Waals surface area (Å²) in [6.45, 7) is 4.42. The van der Waals surface area contributed by atoms with Crippen molar-refractivity contribution in [2.24, 2.45) is 5.92 Å². The summed E-state index contributed by atoms with van der Waals surface area (Å²) in [5, 5.41) is 6.66. The van der Waals surface area contributed by atoms with E-state index in [1.54, 1.807) is 0 Å². The highest BCUT2D eigenvalue weighted by atomic mass is 16.2. The molecule has 102 valence electrons. The topological polar surface area (TPSA) is 44.4 Å². The summed E-state index contributed by atoms with van der Waals surface area (Å²) in [6, 6.07) is 1.05. The highest BCUT2D eigenvalue weighted by Crippen LogP contribution is 2.27. The van der Waals surface area contributed by atoms with Crippen LogP contribution in [-0.4, -0.2) is 49.1 Å². The maximum atomic E-state index is 12.3. The number of hydrogen-bond acceptors (Lipinski definition) is 3. The van der Waals surface area contributed by atoms with Gasteiger partial charge in [-0.2, -0.15) is 0 Å². The van der Waals surface area contributed by atoms with Crippen molar-refractivity contribution >= 4 is 5.91 Å². The second kappa shape index (κ2) is 5.57. The molecule has 0 aliphatic carbocycles. The van der Waals surface area contributed by atoms with Gasteiger partial charge in [0.25, 0.3) is 0 Å². The second-order valence-electron chi connectivity index (χ2n) is 6.03. The van der Waals surface area contributed by atoms with Crippen LogP contribution in [0.2, 0.25) is 0 Å². The maximum absolute atomic E-state index is 12.3. The standard InChI is InChI=1S/C14H25N3O/c18-14(11-4-7-15-8-5-11)16-12-6-10-17-9-2-1-3-13(12)17/h11-13,15H,1-10H2,(H,16,18). The molecule has 2 N–H and O–H groups in total. The normalized spacial score (nSPS) is 34.2. The van der Waals surface area contributed by atoms with Crippen molar-refractivity contribution in [1.82, 2.24) is 15.5 Å². The van der Waals surface area contributed by atoms with Crippen molar-refractivity contribution in [2.75, 3.05) is 26.2 Å². The van der Waals surface area contributed by atoms with Crippen molar-refractivity contribution in [1.29, 1.82) is 0 Å². The van der Waals surface area contributed by atoms with Crippen LogP contribution in [0.25, 0.3) is 0 Å². The predicted molar refractivity (Wildman–Crippen MR) is 71.4 cm³/mol. The number of nitrogens with one attached hydrogen (secondary N) is 2. The summed E-state index contributed by atoms with van der Waals surface area (Å²) < 4.78 is 0. The van der Waals surface area contributed by atoms with Gasteiger partial charge in [-0.1, -0.05) is 6.42 Å². The minimum atomic E-state index is 0.254. The zero-order valence-corrected chi connectivity index (χ0v) is 11.2. The van der Waals surface area contributed by atoms with Gasteiger partial charge in [0, 0.05) is 24.5 Å². The quantitative estimate of drug-likeness (QED) is 0.760. The Labute approximate surface area is 109 Å². The lowest BCUT2D eigenvalue weighted by Crippen LogP contribution is -2.49. The largest absolute Gasteiger partial charge is 0.352 e. The number of hydrogen-bond donors (Lipinski definition) is 2. The average Bonchev–Trinajstić information content (AvgIpc) is 2.83. The molecule has 0 bridgehead atoms. The molecular weight excluding hydrogens is 226 g/mol. The number of amides is 1. The molecule has 0 spiro atoms. The molecule has 0 aromatic carbocycles. The fourth-order valence-corrected chi connectivity index (χ4v) is 3.80. The number of rotatable bonds is 2. The first-order valence-corrected chi connectivity index (χ1v) is 7.60. The average molecular weight is 251 g/mol. The number of piperidine rings is 2. The monoisotopic (exact) mass is 251 g/mol. The Morgan fingerprint density at radius 3 is 2.72 bits per heavy atom. The van der Waals surface area contributed by atoms with Gasteiger partial charge in [0.15, 0.2) is 0 Å². The van der Waals surface area contributed by atoms with Crippen LogP contribution in [0, 0.1) is 5.92 Å². The van der Waals surface area contributed by atoms with E-state index < -0.39 is 0 Å². The lowest BCUT2D eigenvalue weighted by molar-refractivity contribution is -0.126. The fourth-order valence-electron chi connectivity index (χ4n) is 3.80. The summed E-state index contributed by atoms with van der Waals surface area (Å²) in [5.74, 6) is 0.567. The molecule has 3 rings (SSSR count). The number of nitrogens with zero attached hydrogens (tertiary/aromatic N) is 1. The third-order valence-corrected chi connectivity index (χ3v) is 4.89. The van der Waals surface area contributed by atoms with Crippen LogP contribution in [0.3, 0.4) is 0 Å². The van der Waals surface area contributed by atoms with Crippen molar-refractivity contribution < 1.29 is 4.79 Å². The molecule has 18 heavy (non-hydrogen) atoms. The molecule has 1 amide bonds. The van der Waals surface area contributed by atoms with Crippen molar-refractivity contribution in [3.63, 3.8) is 0 Å². The molecule has 2 atom stereocenters. The minimum absolute atomic E-state index is 0.254. The second-order valence-corrected chi connectivity index (χ2v) is 6.03. The van der Waals surface area contributed by atoms with Crippen LogP contribution in [0.4, 0.5) is 0 Å². The molecule has 3 saturated heterocycles. The lowest BCUT2D eigenvalue weighted by Gasteiger charge is -2.33. The van der Waals surface area contributed by atoms with E-state index in [2.05, 4.69) is 15.5 Å². The smallest absolute Gasteiger partial charge is 0.223 e. The van der Waals surface area contributed by atoms with Gasteiger partial charge in [-0.15, -0.1) is 0 Å². The predicted octanol–water partition coefficient (Wildman–Crippen LogP) is 0.729. The summed E-state index contributed by atoms with van der Waals surface area (Å²) >= 11 is 0. The maximum Gasteiger partial charge on any atom is 0.223 e. The van der Waals surface area contributed by atoms with E-state index in [0.29, 0.717) is 18.0 Å². The number of carbonyl (C=O) groups excluding carboxylic acids is 1. The van der Waals surface area contributed by atoms with Gasteiger partial charge >= 0.3 is 0 Å². The molecule has 2 unspecified atom stereocenters. The van der Waals surface area contributed by atoms with Crippen LogP contribution < -0.4 is 10.6 Å². The molecule has 4 heteroatoms. The molecule has 3 fully saturated rings. The number of carbonyl (C=O) groups is 1. The molecule has 4 nitrogen and oxygen atoms in total. The van der Waals surface area contributed by atoms with E-state index in [-0.39, 0.29) is 5.92 Å². The first kappa shape index (κ1) is 12.4. The summed E-state index contributed by atoms with van der Waals surface area (Å²) in [4.78, 5) is 14.9. The van der Waals surface area contributed by atoms with Crippen molar-refractivity contribution in [3.8, 4) is 0 Å². The highest BCUT2D eigenvalue weighted by molar-refractivity contribution is 5.79. The lowest BCUT2D eigenvalue weighted by atomic mass is 9.95.